The van der Waals surface area contributed by atoms with Crippen LogP contribution in [-0.4, -0.2) is 50.6 Å². The van der Waals surface area contributed by atoms with Crippen molar-refractivity contribution in [3.8, 4) is 5.69 Å². The molecule has 0 fully saturated rings. The quantitative estimate of drug-likeness (QED) is 0.646. The molecule has 0 bridgehead atoms. The molecule has 1 amide bonds. The number of hydrogen-bond acceptors (Lipinski definition) is 6. The summed E-state index contributed by atoms with van der Waals surface area (Å²) in [5, 5.41) is 18.5. The van der Waals surface area contributed by atoms with E-state index in [1.807, 2.05) is 19.1 Å². The first-order valence-corrected chi connectivity index (χ1v) is 9.96. The van der Waals surface area contributed by atoms with Gasteiger partial charge in [0.05, 0.1) is 11.7 Å². The second kappa shape index (κ2) is 8.88. The molecule has 0 aliphatic heterocycles. The predicted octanol–water partition coefficient (Wildman–Crippen LogP) is 2.85. The van der Waals surface area contributed by atoms with Gasteiger partial charge in [0.15, 0.2) is 0 Å². The zero-order chi connectivity index (χ0) is 19.2. The summed E-state index contributed by atoms with van der Waals surface area (Å²) in [6, 6.07) is 7.84. The van der Waals surface area contributed by atoms with E-state index >= 15 is 0 Å². The number of hydrogen-bond donors (Lipinski definition) is 1. The van der Waals surface area contributed by atoms with Crippen molar-refractivity contribution >= 4 is 17.2 Å². The minimum atomic E-state index is -0.0752. The Balaban J connectivity index is 1.71. The average Bonchev–Trinajstić information content (AvgIpc) is 3.38. The number of nitrogens with zero attached hydrogens (tertiary/aromatic N) is 5. The summed E-state index contributed by atoms with van der Waals surface area (Å²) in [6.45, 7) is 8.68. The molecule has 27 heavy (non-hydrogen) atoms. The van der Waals surface area contributed by atoms with Gasteiger partial charge in [0.1, 0.15) is 6.33 Å². The summed E-state index contributed by atoms with van der Waals surface area (Å²) in [7, 11) is 0. The number of aromatic nitrogens is 4. The van der Waals surface area contributed by atoms with Gasteiger partial charge < -0.3 is 5.32 Å². The summed E-state index contributed by atoms with van der Waals surface area (Å²) in [5.41, 5.74) is 3.67. The number of aryl methyl sites for hydroxylation is 1. The molecule has 142 valence electrons. The molecule has 3 rings (SSSR count). The minimum absolute atomic E-state index is 0.0752. The maximum Gasteiger partial charge on any atom is 0.251 e. The van der Waals surface area contributed by atoms with E-state index in [-0.39, 0.29) is 11.9 Å². The lowest BCUT2D eigenvalue weighted by atomic mass is 10.1. The second-order valence-electron chi connectivity index (χ2n) is 6.26. The molecule has 2 heterocycles. The van der Waals surface area contributed by atoms with E-state index in [1.54, 1.807) is 22.1 Å². The van der Waals surface area contributed by atoms with Crippen molar-refractivity contribution in [2.75, 3.05) is 19.6 Å². The Morgan fingerprint density at radius 3 is 2.70 bits per heavy atom. The number of benzene rings is 1. The molecule has 2 aromatic heterocycles. The zero-order valence-electron chi connectivity index (χ0n) is 15.8. The van der Waals surface area contributed by atoms with Gasteiger partial charge in [-0.15, -0.1) is 5.10 Å². The third-order valence-electron chi connectivity index (χ3n) is 4.69. The molecule has 1 aromatic carbocycles. The molecule has 3 aromatic rings. The molecular formula is C19H24N6OS. The van der Waals surface area contributed by atoms with E-state index in [4.69, 9.17) is 0 Å². The SMILES string of the molecule is CCN(CC)C(CNC(=O)c1ccc(-n2cnnn2)c(C)c1)c1ccsc1. The van der Waals surface area contributed by atoms with Crippen LogP contribution < -0.4 is 5.32 Å². The van der Waals surface area contributed by atoms with Crippen molar-refractivity contribution in [1.82, 2.24) is 30.4 Å². The molecular weight excluding hydrogens is 360 g/mol. The van der Waals surface area contributed by atoms with E-state index in [0.717, 1.165) is 24.3 Å². The van der Waals surface area contributed by atoms with Crippen LogP contribution >= 0.6 is 11.3 Å². The predicted molar refractivity (Wildman–Crippen MR) is 106 cm³/mol. The zero-order valence-corrected chi connectivity index (χ0v) is 16.6. The molecule has 0 radical (unpaired) electrons. The standard InChI is InChI=1S/C19H24N6OS/c1-4-24(5-2)18(16-8-9-27-12-16)11-20-19(26)15-6-7-17(14(3)10-15)25-13-21-22-23-25/h6-10,12-13,18H,4-5,11H2,1-3H3,(H,20,26). The Morgan fingerprint density at radius 1 is 1.30 bits per heavy atom. The lowest BCUT2D eigenvalue weighted by Crippen LogP contribution is -2.37. The molecule has 0 saturated heterocycles. The molecule has 0 spiro atoms. The Hall–Kier alpha value is -2.58. The fourth-order valence-electron chi connectivity index (χ4n) is 3.20. The van der Waals surface area contributed by atoms with E-state index < -0.39 is 0 Å². The Labute approximate surface area is 163 Å². The third-order valence-corrected chi connectivity index (χ3v) is 5.39. The Morgan fingerprint density at radius 2 is 2.11 bits per heavy atom. The minimum Gasteiger partial charge on any atom is -0.350 e. The van der Waals surface area contributed by atoms with Crippen molar-refractivity contribution in [2.24, 2.45) is 0 Å². The average molecular weight is 385 g/mol. The monoisotopic (exact) mass is 384 g/mol. The van der Waals surface area contributed by atoms with Gasteiger partial charge in [-0.2, -0.15) is 11.3 Å². The highest BCUT2D eigenvalue weighted by Crippen LogP contribution is 2.22. The van der Waals surface area contributed by atoms with Crippen molar-refractivity contribution in [1.29, 1.82) is 0 Å². The first-order valence-electron chi connectivity index (χ1n) is 9.02. The number of rotatable bonds is 8. The summed E-state index contributed by atoms with van der Waals surface area (Å²) >= 11 is 1.68. The van der Waals surface area contributed by atoms with Crippen molar-refractivity contribution < 1.29 is 4.79 Å². The topological polar surface area (TPSA) is 75.9 Å². The van der Waals surface area contributed by atoms with Gasteiger partial charge in [-0.05, 0) is 76.6 Å². The number of carbonyl (C=O) groups is 1. The van der Waals surface area contributed by atoms with E-state index in [2.05, 4.69) is 56.4 Å². The smallest absolute Gasteiger partial charge is 0.251 e. The van der Waals surface area contributed by atoms with Crippen molar-refractivity contribution in [3.63, 3.8) is 0 Å². The molecule has 1 unspecified atom stereocenters. The van der Waals surface area contributed by atoms with E-state index in [1.165, 1.54) is 11.9 Å². The maximum absolute atomic E-state index is 12.7. The molecule has 8 heteroatoms. The number of tetrazole rings is 1. The molecule has 1 atom stereocenters. The molecule has 0 aliphatic rings. The van der Waals surface area contributed by atoms with Crippen LogP contribution in [0.1, 0.15) is 41.4 Å². The molecule has 0 saturated carbocycles. The van der Waals surface area contributed by atoms with Gasteiger partial charge in [-0.3, -0.25) is 9.69 Å². The maximum atomic E-state index is 12.7. The largest absolute Gasteiger partial charge is 0.350 e. The van der Waals surface area contributed by atoms with Gasteiger partial charge in [0.25, 0.3) is 5.91 Å². The summed E-state index contributed by atoms with van der Waals surface area (Å²) < 4.78 is 1.59. The van der Waals surface area contributed by atoms with Crippen LogP contribution in [0.3, 0.4) is 0 Å². The number of nitrogens with one attached hydrogen (secondary N) is 1. The van der Waals surface area contributed by atoms with Crippen LogP contribution in [0.25, 0.3) is 5.69 Å². The lowest BCUT2D eigenvalue weighted by molar-refractivity contribution is 0.0935. The highest BCUT2D eigenvalue weighted by Gasteiger charge is 2.20. The van der Waals surface area contributed by atoms with Gasteiger partial charge in [0.2, 0.25) is 0 Å². The van der Waals surface area contributed by atoms with Gasteiger partial charge in [-0.25, -0.2) is 4.68 Å². The fourth-order valence-corrected chi connectivity index (χ4v) is 3.91. The van der Waals surface area contributed by atoms with Gasteiger partial charge in [-0.1, -0.05) is 13.8 Å². The number of amides is 1. The normalized spacial score (nSPS) is 12.3. The number of thiophene rings is 1. The fraction of sp³-hybridized carbons (Fsp3) is 0.368. The third kappa shape index (κ3) is 4.40. The van der Waals surface area contributed by atoms with Crippen LogP contribution in [-0.2, 0) is 0 Å². The Bertz CT molecular complexity index is 858. The first kappa shape index (κ1) is 19.2. The van der Waals surface area contributed by atoms with Gasteiger partial charge >= 0.3 is 0 Å². The van der Waals surface area contributed by atoms with Crippen LogP contribution in [0.5, 0.6) is 0 Å². The van der Waals surface area contributed by atoms with Crippen LogP contribution in [0.4, 0.5) is 0 Å². The van der Waals surface area contributed by atoms with Crippen molar-refractivity contribution in [2.45, 2.75) is 26.8 Å². The molecule has 7 nitrogen and oxygen atoms in total. The second-order valence-corrected chi connectivity index (χ2v) is 7.04. The number of likely N-dealkylation sites (N-methyl/N-ethyl adjacent to an activating group) is 1. The van der Waals surface area contributed by atoms with E-state index in [0.29, 0.717) is 12.1 Å². The van der Waals surface area contributed by atoms with Crippen LogP contribution in [0.15, 0.2) is 41.4 Å². The summed E-state index contributed by atoms with van der Waals surface area (Å²) in [6.07, 6.45) is 1.54. The summed E-state index contributed by atoms with van der Waals surface area (Å²) in [5.74, 6) is -0.0752. The Kier molecular flexibility index (Phi) is 6.31. The number of carbonyl (C=O) groups excluding carboxylic acids is 1. The van der Waals surface area contributed by atoms with E-state index in [9.17, 15) is 4.79 Å². The van der Waals surface area contributed by atoms with Crippen molar-refractivity contribution in [3.05, 3.63) is 58.0 Å². The highest BCUT2D eigenvalue weighted by molar-refractivity contribution is 7.07. The molecule has 0 aliphatic carbocycles. The van der Waals surface area contributed by atoms with Gasteiger partial charge in [0, 0.05) is 12.1 Å². The summed E-state index contributed by atoms with van der Waals surface area (Å²) in [4.78, 5) is 15.0. The first-order chi connectivity index (χ1) is 13.1. The highest BCUT2D eigenvalue weighted by atomic mass is 32.1. The van der Waals surface area contributed by atoms with Crippen LogP contribution in [0.2, 0.25) is 0 Å². The van der Waals surface area contributed by atoms with Crippen LogP contribution in [0, 0.1) is 6.92 Å². The lowest BCUT2D eigenvalue weighted by Gasteiger charge is -2.29. The molecule has 1 N–H and O–H groups in total.